The van der Waals surface area contributed by atoms with Gasteiger partial charge >= 0.3 is 0 Å². The first-order valence-electron chi connectivity index (χ1n) is 16.6. The Bertz CT molecular complexity index is 2470. The van der Waals surface area contributed by atoms with Crippen molar-refractivity contribution in [2.24, 2.45) is 0 Å². The molecule has 2 aromatic heterocycles. The molecule has 0 saturated carbocycles. The Morgan fingerprint density at radius 3 is 2.41 bits per heavy atom. The van der Waals surface area contributed by atoms with E-state index < -0.39 is 0 Å². The van der Waals surface area contributed by atoms with Crippen molar-refractivity contribution in [3.8, 4) is 16.8 Å². The van der Waals surface area contributed by atoms with Crippen LogP contribution >= 0.6 is 0 Å². The van der Waals surface area contributed by atoms with Gasteiger partial charge in [0.05, 0.1) is 11.2 Å². The van der Waals surface area contributed by atoms with Crippen LogP contribution < -0.4 is 16.2 Å². The normalized spacial score (nSPS) is 12.2. The lowest BCUT2D eigenvalue weighted by Gasteiger charge is -2.25. The molecule has 4 heteroatoms. The van der Waals surface area contributed by atoms with Gasteiger partial charge in [-0.1, -0.05) is 110 Å². The molecule has 1 aliphatic rings. The predicted octanol–water partition coefficient (Wildman–Crippen LogP) is 9.84. The summed E-state index contributed by atoms with van der Waals surface area (Å²) >= 11 is 0. The molecule has 3 heterocycles. The predicted molar refractivity (Wildman–Crippen MR) is 198 cm³/mol. The number of hydrogen-bond acceptors (Lipinski definition) is 2. The summed E-state index contributed by atoms with van der Waals surface area (Å²) in [5.74, 6) is 0. The molecule has 0 fully saturated rings. The lowest BCUT2D eigenvalue weighted by molar-refractivity contribution is 0.670. The first-order valence-corrected chi connectivity index (χ1v) is 16.6. The van der Waals surface area contributed by atoms with E-state index >= 15 is 0 Å². The van der Waals surface area contributed by atoms with Crippen LogP contribution in [0.1, 0.15) is 37.3 Å². The van der Waals surface area contributed by atoms with Gasteiger partial charge in [-0.3, -0.25) is 0 Å². The molecule has 0 atom stereocenters. The van der Waals surface area contributed by atoms with E-state index in [1.54, 1.807) is 0 Å². The minimum Gasteiger partial charge on any atom is -0.454 e. The minimum absolute atomic E-state index is 0.884. The molecule has 3 nitrogen and oxygen atoms in total. The summed E-state index contributed by atoms with van der Waals surface area (Å²) in [6.45, 7) is 4.44. The number of furan rings is 1. The van der Waals surface area contributed by atoms with Gasteiger partial charge in [-0.2, -0.15) is 0 Å². The van der Waals surface area contributed by atoms with E-state index in [2.05, 4.69) is 139 Å². The highest BCUT2D eigenvalue weighted by Gasteiger charge is 2.27. The van der Waals surface area contributed by atoms with E-state index in [1.807, 2.05) is 0 Å². The van der Waals surface area contributed by atoms with Crippen molar-refractivity contribution in [1.82, 2.24) is 4.57 Å². The molecule has 0 unspecified atom stereocenters. The highest BCUT2D eigenvalue weighted by Crippen LogP contribution is 2.43. The molecule has 46 heavy (non-hydrogen) atoms. The zero-order valence-electron chi connectivity index (χ0n) is 26.4. The zero-order chi connectivity index (χ0) is 30.8. The van der Waals surface area contributed by atoms with Gasteiger partial charge in [0, 0.05) is 44.0 Å². The Kier molecular flexibility index (Phi) is 6.31. The number of aromatic nitrogens is 1. The molecule has 0 bridgehead atoms. The Hall–Kier alpha value is -5.22. The third kappa shape index (κ3) is 4.13. The molecule has 0 spiro atoms. The second-order valence-corrected chi connectivity index (χ2v) is 12.8. The Morgan fingerprint density at radius 2 is 1.52 bits per heavy atom. The van der Waals surface area contributed by atoms with Gasteiger partial charge < -0.3 is 14.3 Å². The van der Waals surface area contributed by atoms with Crippen molar-refractivity contribution in [3.63, 3.8) is 0 Å². The number of rotatable bonds is 7. The van der Waals surface area contributed by atoms with Crippen molar-refractivity contribution < 1.29 is 4.42 Å². The standard InChI is InChI=1S/C42H35BN2O/c1-3-4-5-14-27-24-33(39-37(25-27)45-36-20-10-7-15-28(36)31-17-12-18-34(43-39)41(31)45)30-22-23-32-29-16-8-11-21-38(29)46-42(32)40(30)44-35-19-9-6-13-26(35)2/h6-13,15-25,43-44H,3-5,14H2,1-2H3. The third-order valence-electron chi connectivity index (χ3n) is 9.98. The van der Waals surface area contributed by atoms with Crippen LogP contribution in [0, 0.1) is 6.92 Å². The van der Waals surface area contributed by atoms with Gasteiger partial charge in [-0.05, 0) is 72.3 Å². The molecule has 6 aromatic carbocycles. The lowest BCUT2D eigenvalue weighted by Crippen LogP contribution is -2.37. The maximum absolute atomic E-state index is 6.69. The van der Waals surface area contributed by atoms with Gasteiger partial charge in [-0.25, -0.2) is 0 Å². The van der Waals surface area contributed by atoms with Crippen LogP contribution in [0.25, 0.3) is 60.6 Å². The number of nitrogens with one attached hydrogen (secondary N) is 1. The molecule has 0 aliphatic carbocycles. The van der Waals surface area contributed by atoms with Crippen LogP contribution in [0.5, 0.6) is 0 Å². The van der Waals surface area contributed by atoms with Crippen LogP contribution in [-0.2, 0) is 6.42 Å². The number of para-hydroxylation sites is 4. The number of nitrogens with zero attached hydrogens (tertiary/aromatic N) is 1. The fraction of sp³-hybridized carbons (Fsp3) is 0.143. The zero-order valence-corrected chi connectivity index (χ0v) is 26.4. The summed E-state index contributed by atoms with van der Waals surface area (Å²) in [5, 5.41) is 8.81. The van der Waals surface area contributed by atoms with Crippen molar-refractivity contribution in [1.29, 1.82) is 0 Å². The summed E-state index contributed by atoms with van der Waals surface area (Å²) in [7, 11) is 0.884. The van der Waals surface area contributed by atoms with Crippen molar-refractivity contribution >= 4 is 73.3 Å². The van der Waals surface area contributed by atoms with E-state index in [9.17, 15) is 0 Å². The highest BCUT2D eigenvalue weighted by atomic mass is 16.3. The van der Waals surface area contributed by atoms with Crippen LogP contribution in [0.15, 0.2) is 120 Å². The summed E-state index contributed by atoms with van der Waals surface area (Å²) in [6.07, 6.45) is 4.69. The van der Waals surface area contributed by atoms with E-state index in [0.717, 1.165) is 47.0 Å². The van der Waals surface area contributed by atoms with E-state index in [4.69, 9.17) is 4.42 Å². The summed E-state index contributed by atoms with van der Waals surface area (Å²) in [4.78, 5) is 0. The number of fused-ring (bicyclic) bond motifs is 8. The highest BCUT2D eigenvalue weighted by molar-refractivity contribution is 6.73. The number of aryl methyl sites for hydroxylation is 2. The smallest absolute Gasteiger partial charge is 0.198 e. The van der Waals surface area contributed by atoms with Gasteiger partial charge in [0.2, 0.25) is 0 Å². The second kappa shape index (κ2) is 10.7. The molecule has 1 N–H and O–H groups in total. The van der Waals surface area contributed by atoms with Crippen LogP contribution in [-0.4, -0.2) is 11.8 Å². The van der Waals surface area contributed by atoms with Gasteiger partial charge in [0.1, 0.15) is 5.58 Å². The van der Waals surface area contributed by atoms with Crippen LogP contribution in [0.4, 0.5) is 11.4 Å². The number of hydrogen-bond donors (Lipinski definition) is 1. The molecule has 222 valence electrons. The van der Waals surface area contributed by atoms with Crippen LogP contribution in [0.2, 0.25) is 0 Å². The molecule has 0 radical (unpaired) electrons. The molecule has 0 amide bonds. The summed E-state index contributed by atoms with van der Waals surface area (Å²) < 4.78 is 9.23. The molecular weight excluding hydrogens is 559 g/mol. The molecule has 0 saturated heterocycles. The summed E-state index contributed by atoms with van der Waals surface area (Å²) in [6, 6.07) is 42.1. The SMILES string of the molecule is CCCCCc1cc(-c2ccc3c(oc4ccccc43)c2Nc2ccccc2C)c2c(c1)-n1c3ccccc3c3cccc(c31)B2. The van der Waals surface area contributed by atoms with Crippen molar-refractivity contribution in [2.45, 2.75) is 39.5 Å². The maximum Gasteiger partial charge on any atom is 0.198 e. The molecule has 1 aliphatic heterocycles. The largest absolute Gasteiger partial charge is 0.454 e. The average Bonchev–Trinajstić information content (AvgIpc) is 3.64. The van der Waals surface area contributed by atoms with Gasteiger partial charge in [0.15, 0.2) is 12.9 Å². The molecule has 9 rings (SSSR count). The fourth-order valence-electron chi connectivity index (χ4n) is 7.72. The first kappa shape index (κ1) is 27.1. The quantitative estimate of drug-likeness (QED) is 0.147. The Morgan fingerprint density at radius 1 is 0.717 bits per heavy atom. The van der Waals surface area contributed by atoms with Crippen molar-refractivity contribution in [3.05, 3.63) is 126 Å². The summed E-state index contributed by atoms with van der Waals surface area (Å²) in [5.41, 5.74) is 15.6. The lowest BCUT2D eigenvalue weighted by atomic mass is 9.59. The van der Waals surface area contributed by atoms with E-state index in [0.29, 0.717) is 0 Å². The van der Waals surface area contributed by atoms with E-state index in [-0.39, 0.29) is 0 Å². The topological polar surface area (TPSA) is 30.1 Å². The van der Waals surface area contributed by atoms with E-state index in [1.165, 1.54) is 79.9 Å². The van der Waals surface area contributed by atoms with Gasteiger partial charge in [-0.15, -0.1) is 0 Å². The number of anilines is 2. The van der Waals surface area contributed by atoms with Crippen molar-refractivity contribution in [2.75, 3.05) is 5.32 Å². The minimum atomic E-state index is 0.884. The number of unbranched alkanes of at least 4 members (excludes halogenated alkanes) is 2. The number of benzene rings is 6. The monoisotopic (exact) mass is 594 g/mol. The van der Waals surface area contributed by atoms with Gasteiger partial charge in [0.25, 0.3) is 0 Å². The molecular formula is C42H35BN2O. The third-order valence-corrected chi connectivity index (χ3v) is 9.98. The average molecular weight is 595 g/mol. The first-order chi connectivity index (χ1) is 22.7. The fourth-order valence-corrected chi connectivity index (χ4v) is 7.72. The Labute approximate surface area is 269 Å². The molecule has 8 aromatic rings. The maximum atomic E-state index is 6.69. The second-order valence-electron chi connectivity index (χ2n) is 12.8. The van der Waals surface area contributed by atoms with Crippen LogP contribution in [0.3, 0.4) is 0 Å². The Balaban J connectivity index is 1.36.